The van der Waals surface area contributed by atoms with Gasteiger partial charge in [0.1, 0.15) is 0 Å². The quantitative estimate of drug-likeness (QED) is 0.668. The number of benzene rings is 1. The van der Waals surface area contributed by atoms with Crippen molar-refractivity contribution in [1.82, 2.24) is 10.3 Å². The summed E-state index contributed by atoms with van der Waals surface area (Å²) < 4.78 is 0. The minimum Gasteiger partial charge on any atom is -0.350 e. The summed E-state index contributed by atoms with van der Waals surface area (Å²) in [5.41, 5.74) is 0.609. The lowest BCUT2D eigenvalue weighted by atomic mass is 10.0. The van der Waals surface area contributed by atoms with E-state index in [0.717, 1.165) is 19.3 Å². The van der Waals surface area contributed by atoms with E-state index in [1.54, 1.807) is 24.4 Å². The Morgan fingerprint density at radius 1 is 1.24 bits per heavy atom. The molecule has 1 aliphatic heterocycles. The van der Waals surface area contributed by atoms with Crippen molar-refractivity contribution in [2.75, 3.05) is 18.0 Å². The second-order valence-electron chi connectivity index (χ2n) is 6.02. The molecule has 1 amide bonds. The van der Waals surface area contributed by atoms with Crippen molar-refractivity contribution in [3.63, 3.8) is 0 Å². The van der Waals surface area contributed by atoms with Gasteiger partial charge in [-0.1, -0.05) is 18.2 Å². The van der Waals surface area contributed by atoms with Crippen LogP contribution in [0.5, 0.6) is 0 Å². The number of nitrogens with one attached hydrogen (secondary N) is 1. The van der Waals surface area contributed by atoms with Gasteiger partial charge in [-0.2, -0.15) is 0 Å². The van der Waals surface area contributed by atoms with E-state index in [9.17, 15) is 14.9 Å². The maximum absolute atomic E-state index is 12.3. The third-order valence-electron chi connectivity index (χ3n) is 4.40. The highest BCUT2D eigenvalue weighted by Crippen LogP contribution is 2.30. The van der Waals surface area contributed by atoms with Gasteiger partial charge in [-0.3, -0.25) is 14.9 Å². The van der Waals surface area contributed by atoms with Crippen LogP contribution in [-0.2, 0) is 0 Å². The highest BCUT2D eigenvalue weighted by Gasteiger charge is 2.29. The van der Waals surface area contributed by atoms with Gasteiger partial charge in [-0.25, -0.2) is 4.98 Å². The highest BCUT2D eigenvalue weighted by atomic mass is 16.6. The molecule has 1 aromatic carbocycles. The number of aromatic nitrogens is 1. The van der Waals surface area contributed by atoms with Crippen LogP contribution in [0.2, 0.25) is 0 Å². The van der Waals surface area contributed by atoms with Crippen molar-refractivity contribution >= 4 is 17.4 Å². The maximum Gasteiger partial charge on any atom is 0.311 e. The summed E-state index contributed by atoms with van der Waals surface area (Å²) in [5, 5.41) is 14.2. The molecule has 0 radical (unpaired) electrons. The number of carbonyl (C=O) groups is 1. The maximum atomic E-state index is 12.3. The zero-order valence-corrected chi connectivity index (χ0v) is 13.8. The molecule has 0 unspecified atom stereocenters. The first-order chi connectivity index (χ1) is 12.2. The first-order valence-corrected chi connectivity index (χ1v) is 8.36. The van der Waals surface area contributed by atoms with Crippen molar-refractivity contribution in [3.8, 4) is 0 Å². The van der Waals surface area contributed by atoms with Crippen LogP contribution in [-0.4, -0.2) is 34.9 Å². The van der Waals surface area contributed by atoms with Crippen molar-refractivity contribution in [3.05, 3.63) is 64.3 Å². The molecule has 130 valence electrons. The zero-order valence-electron chi connectivity index (χ0n) is 13.8. The molecule has 1 saturated heterocycles. The Balaban J connectivity index is 1.74. The van der Waals surface area contributed by atoms with Crippen molar-refractivity contribution < 1.29 is 9.72 Å². The molecule has 7 nitrogen and oxygen atoms in total. The Hall–Kier alpha value is -2.96. The topological polar surface area (TPSA) is 88.4 Å². The average molecular weight is 340 g/mol. The summed E-state index contributed by atoms with van der Waals surface area (Å²) in [7, 11) is 0. The normalized spacial score (nSPS) is 17.1. The molecule has 3 rings (SSSR count). The number of carbonyl (C=O) groups excluding carboxylic acids is 1. The SMILES string of the molecule is O=C(NC[C@H]1CCCCN1c1ncccc1[N+](=O)[O-])c1ccccc1. The van der Waals surface area contributed by atoms with Gasteiger partial charge in [0, 0.05) is 37.0 Å². The van der Waals surface area contributed by atoms with Gasteiger partial charge in [0.25, 0.3) is 5.91 Å². The summed E-state index contributed by atoms with van der Waals surface area (Å²) >= 11 is 0. The molecular weight excluding hydrogens is 320 g/mol. The number of anilines is 1. The lowest BCUT2D eigenvalue weighted by molar-refractivity contribution is -0.384. The van der Waals surface area contributed by atoms with Crippen molar-refractivity contribution in [1.29, 1.82) is 0 Å². The number of amides is 1. The van der Waals surface area contributed by atoms with Gasteiger partial charge >= 0.3 is 5.69 Å². The molecular formula is C18H20N4O3. The molecule has 7 heteroatoms. The molecule has 1 aliphatic rings. The van der Waals surface area contributed by atoms with Crippen LogP contribution < -0.4 is 10.2 Å². The minimum atomic E-state index is -0.406. The molecule has 0 bridgehead atoms. The van der Waals surface area contributed by atoms with Gasteiger partial charge in [0.05, 0.1) is 4.92 Å². The predicted molar refractivity (Wildman–Crippen MR) is 94.7 cm³/mol. The summed E-state index contributed by atoms with van der Waals surface area (Å²) in [4.78, 5) is 29.3. The van der Waals surface area contributed by atoms with E-state index in [-0.39, 0.29) is 17.6 Å². The second-order valence-corrected chi connectivity index (χ2v) is 6.02. The zero-order chi connectivity index (χ0) is 17.6. The fraction of sp³-hybridized carbons (Fsp3) is 0.333. The van der Waals surface area contributed by atoms with E-state index in [0.29, 0.717) is 24.5 Å². The van der Waals surface area contributed by atoms with E-state index in [1.807, 2.05) is 23.1 Å². The minimum absolute atomic E-state index is 0.00351. The Kier molecular flexibility index (Phi) is 5.23. The third-order valence-corrected chi connectivity index (χ3v) is 4.40. The second kappa shape index (κ2) is 7.74. The van der Waals surface area contributed by atoms with Crippen LogP contribution in [0.25, 0.3) is 0 Å². The average Bonchev–Trinajstić information content (AvgIpc) is 2.67. The summed E-state index contributed by atoms with van der Waals surface area (Å²) in [6, 6.07) is 12.1. The monoisotopic (exact) mass is 340 g/mol. The van der Waals surface area contributed by atoms with Crippen LogP contribution in [0.15, 0.2) is 48.7 Å². The molecule has 1 atom stereocenters. The van der Waals surface area contributed by atoms with E-state index in [1.165, 1.54) is 6.07 Å². The van der Waals surface area contributed by atoms with Gasteiger partial charge in [0.2, 0.25) is 5.82 Å². The standard InChI is InChI=1S/C18H20N4O3/c23-18(14-7-2-1-3-8-14)20-13-15-9-4-5-12-21(15)17-16(22(24)25)10-6-11-19-17/h1-3,6-8,10-11,15H,4-5,9,12-13H2,(H,20,23)/t15-/m1/s1. The number of piperidine rings is 1. The fourth-order valence-corrected chi connectivity index (χ4v) is 3.15. The first kappa shape index (κ1) is 16.9. The van der Waals surface area contributed by atoms with Gasteiger partial charge < -0.3 is 10.2 Å². The number of nitrogens with zero attached hydrogens (tertiary/aromatic N) is 3. The molecule has 0 aliphatic carbocycles. The molecule has 2 heterocycles. The Morgan fingerprint density at radius 3 is 2.80 bits per heavy atom. The number of rotatable bonds is 5. The number of hydrogen-bond acceptors (Lipinski definition) is 5. The number of nitro groups is 1. The lowest BCUT2D eigenvalue weighted by Gasteiger charge is -2.36. The summed E-state index contributed by atoms with van der Waals surface area (Å²) in [6.07, 6.45) is 4.42. The molecule has 2 aromatic rings. The van der Waals surface area contributed by atoms with Crippen molar-refractivity contribution in [2.24, 2.45) is 0 Å². The van der Waals surface area contributed by atoms with Gasteiger partial charge in [-0.05, 0) is 37.5 Å². The molecule has 1 N–H and O–H groups in total. The largest absolute Gasteiger partial charge is 0.350 e. The highest BCUT2D eigenvalue weighted by molar-refractivity contribution is 5.94. The molecule has 0 saturated carbocycles. The predicted octanol–water partition coefficient (Wildman–Crippen LogP) is 2.78. The van der Waals surface area contributed by atoms with Crippen LogP contribution >= 0.6 is 0 Å². The van der Waals surface area contributed by atoms with Crippen LogP contribution in [0.4, 0.5) is 11.5 Å². The van der Waals surface area contributed by atoms with E-state index >= 15 is 0 Å². The molecule has 25 heavy (non-hydrogen) atoms. The van der Waals surface area contributed by atoms with Crippen molar-refractivity contribution in [2.45, 2.75) is 25.3 Å². The van der Waals surface area contributed by atoms with Crippen LogP contribution in [0, 0.1) is 10.1 Å². The lowest BCUT2D eigenvalue weighted by Crippen LogP contribution is -2.47. The number of hydrogen-bond donors (Lipinski definition) is 1. The number of pyridine rings is 1. The third kappa shape index (κ3) is 3.93. The van der Waals surface area contributed by atoms with E-state index in [2.05, 4.69) is 10.3 Å². The molecule has 0 spiro atoms. The Bertz CT molecular complexity index is 751. The summed E-state index contributed by atoms with van der Waals surface area (Å²) in [5.74, 6) is 0.243. The molecule has 1 fully saturated rings. The van der Waals surface area contributed by atoms with Gasteiger partial charge in [0.15, 0.2) is 0 Å². The van der Waals surface area contributed by atoms with Crippen LogP contribution in [0.1, 0.15) is 29.6 Å². The van der Waals surface area contributed by atoms with E-state index < -0.39 is 4.92 Å². The molecule has 1 aromatic heterocycles. The smallest absolute Gasteiger partial charge is 0.311 e. The fourth-order valence-electron chi connectivity index (χ4n) is 3.15. The first-order valence-electron chi connectivity index (χ1n) is 8.36. The Labute approximate surface area is 145 Å². The van der Waals surface area contributed by atoms with Gasteiger partial charge in [-0.15, -0.1) is 0 Å². The van der Waals surface area contributed by atoms with Crippen LogP contribution in [0.3, 0.4) is 0 Å². The Morgan fingerprint density at radius 2 is 2.04 bits per heavy atom. The van der Waals surface area contributed by atoms with E-state index in [4.69, 9.17) is 0 Å². The summed E-state index contributed by atoms with van der Waals surface area (Å²) in [6.45, 7) is 1.13.